The van der Waals surface area contributed by atoms with Crippen molar-refractivity contribution in [3.05, 3.63) is 45.9 Å². The van der Waals surface area contributed by atoms with Crippen LogP contribution in [-0.2, 0) is 16.0 Å². The summed E-state index contributed by atoms with van der Waals surface area (Å²) in [5.41, 5.74) is 2.42. The van der Waals surface area contributed by atoms with E-state index in [1.54, 1.807) is 26.2 Å². The van der Waals surface area contributed by atoms with Gasteiger partial charge in [-0.25, -0.2) is 0 Å². The molecule has 41 heavy (non-hydrogen) atoms. The SMILES string of the molecule is CN(C)[C@H]1C(O)=C(C(N)=O)C(=O)[C@]2(O)C(O)=C3C(=O)c4c(ccc(NC5CC(C)(C)NC(C)(C)C5)c4O)C[C@@H]3C[C@H]12. The minimum absolute atomic E-state index is 0.00300. The first-order valence-electron chi connectivity index (χ1n) is 13.9. The van der Waals surface area contributed by atoms with E-state index >= 15 is 0 Å². The molecule has 1 saturated heterocycles. The molecule has 1 amide bonds. The van der Waals surface area contributed by atoms with Gasteiger partial charge in [-0.1, -0.05) is 6.07 Å². The van der Waals surface area contributed by atoms with Gasteiger partial charge in [0, 0.05) is 28.6 Å². The summed E-state index contributed by atoms with van der Waals surface area (Å²) in [6, 6.07) is 2.52. The van der Waals surface area contributed by atoms with Gasteiger partial charge in [-0.15, -0.1) is 0 Å². The fourth-order valence-corrected chi connectivity index (χ4v) is 7.99. The lowest BCUT2D eigenvalue weighted by atomic mass is 9.58. The molecule has 1 aromatic rings. The summed E-state index contributed by atoms with van der Waals surface area (Å²) in [6.07, 6.45) is 1.88. The van der Waals surface area contributed by atoms with Crippen molar-refractivity contribution in [3.63, 3.8) is 0 Å². The molecule has 11 heteroatoms. The van der Waals surface area contributed by atoms with Crippen molar-refractivity contribution in [2.45, 2.75) is 82.1 Å². The quantitative estimate of drug-likeness (QED) is 0.209. The normalized spacial score (nSPS) is 31.1. The van der Waals surface area contributed by atoms with E-state index in [1.165, 1.54) is 4.90 Å². The molecular formula is C30H40N4O7. The second-order valence-electron chi connectivity index (χ2n) is 13.6. The van der Waals surface area contributed by atoms with Crippen LogP contribution in [-0.4, -0.2) is 85.7 Å². The summed E-state index contributed by atoms with van der Waals surface area (Å²) in [5, 5.41) is 52.4. The Morgan fingerprint density at radius 3 is 2.24 bits per heavy atom. The molecular weight excluding hydrogens is 528 g/mol. The first-order valence-corrected chi connectivity index (χ1v) is 13.9. The maximum atomic E-state index is 13.9. The number of aliphatic hydroxyl groups is 3. The van der Waals surface area contributed by atoms with Crippen molar-refractivity contribution >= 4 is 23.2 Å². The molecule has 1 fully saturated rings. The number of phenols is 1. The van der Waals surface area contributed by atoms with E-state index in [-0.39, 0.29) is 46.8 Å². The van der Waals surface area contributed by atoms with Crippen molar-refractivity contribution in [1.29, 1.82) is 0 Å². The molecule has 1 aliphatic heterocycles. The van der Waals surface area contributed by atoms with E-state index < -0.39 is 58.0 Å². The number of piperidine rings is 1. The number of hydrogen-bond acceptors (Lipinski definition) is 10. The number of aliphatic hydroxyl groups excluding tert-OH is 2. The van der Waals surface area contributed by atoms with Crippen LogP contribution in [0.2, 0.25) is 0 Å². The van der Waals surface area contributed by atoms with Gasteiger partial charge in [-0.2, -0.15) is 0 Å². The van der Waals surface area contributed by atoms with Gasteiger partial charge in [0.15, 0.2) is 11.4 Å². The third-order valence-corrected chi connectivity index (χ3v) is 9.14. The lowest BCUT2D eigenvalue weighted by Gasteiger charge is -2.50. The number of amides is 1. The Balaban J connectivity index is 1.57. The molecule has 0 radical (unpaired) electrons. The van der Waals surface area contributed by atoms with E-state index in [2.05, 4.69) is 38.3 Å². The Morgan fingerprint density at radius 2 is 1.68 bits per heavy atom. The highest BCUT2D eigenvalue weighted by Gasteiger charge is 2.63. The Kier molecular flexibility index (Phi) is 6.60. The zero-order valence-corrected chi connectivity index (χ0v) is 24.3. The van der Waals surface area contributed by atoms with Crippen LogP contribution >= 0.6 is 0 Å². The molecule has 11 nitrogen and oxygen atoms in total. The number of benzene rings is 1. The molecule has 0 aromatic heterocycles. The topological polar surface area (TPSA) is 185 Å². The monoisotopic (exact) mass is 568 g/mol. The molecule has 0 unspecified atom stereocenters. The summed E-state index contributed by atoms with van der Waals surface area (Å²) in [5.74, 6) is -6.53. The van der Waals surface area contributed by atoms with Crippen molar-refractivity contribution < 1.29 is 34.8 Å². The predicted molar refractivity (Wildman–Crippen MR) is 152 cm³/mol. The number of carbonyl (C=O) groups excluding carboxylic acids is 3. The molecule has 0 saturated carbocycles. The Morgan fingerprint density at radius 1 is 1.07 bits per heavy atom. The number of nitrogens with zero attached hydrogens (tertiary/aromatic N) is 1. The van der Waals surface area contributed by atoms with Crippen molar-refractivity contribution in [3.8, 4) is 5.75 Å². The molecule has 0 bridgehead atoms. The largest absolute Gasteiger partial charge is 0.510 e. The number of hydrogen-bond donors (Lipinski definition) is 7. The van der Waals surface area contributed by atoms with Gasteiger partial charge < -0.3 is 36.8 Å². The minimum Gasteiger partial charge on any atom is -0.510 e. The fraction of sp³-hybridized carbons (Fsp3) is 0.567. The summed E-state index contributed by atoms with van der Waals surface area (Å²) < 4.78 is 0. The van der Waals surface area contributed by atoms with Crippen LogP contribution in [0.4, 0.5) is 5.69 Å². The lowest BCUT2D eigenvalue weighted by Crippen LogP contribution is -2.63. The van der Waals surface area contributed by atoms with Crippen LogP contribution in [0.1, 0.15) is 62.9 Å². The zero-order chi connectivity index (χ0) is 30.4. The van der Waals surface area contributed by atoms with E-state index in [9.17, 15) is 34.8 Å². The van der Waals surface area contributed by atoms with Gasteiger partial charge in [-0.3, -0.25) is 19.3 Å². The number of nitrogens with two attached hydrogens (primary N) is 1. The number of primary amides is 1. The van der Waals surface area contributed by atoms with Crippen LogP contribution < -0.4 is 16.4 Å². The number of Topliss-reactive ketones (excluding diaryl/α,β-unsaturated/α-hetero) is 2. The number of nitrogens with one attached hydrogen (secondary N) is 2. The van der Waals surface area contributed by atoms with E-state index in [0.29, 0.717) is 11.3 Å². The summed E-state index contributed by atoms with van der Waals surface area (Å²) >= 11 is 0. The van der Waals surface area contributed by atoms with Gasteiger partial charge in [-0.05, 0) is 85.0 Å². The molecule has 4 aliphatic rings. The number of ketones is 2. The second kappa shape index (κ2) is 9.30. The van der Waals surface area contributed by atoms with Gasteiger partial charge in [0.2, 0.25) is 5.78 Å². The highest BCUT2D eigenvalue weighted by Crippen LogP contribution is 2.52. The number of allylic oxidation sites excluding steroid dienone is 1. The molecule has 4 atom stereocenters. The smallest absolute Gasteiger partial charge is 0.255 e. The summed E-state index contributed by atoms with van der Waals surface area (Å²) in [7, 11) is 3.20. The van der Waals surface area contributed by atoms with Crippen LogP contribution in [0.3, 0.4) is 0 Å². The molecule has 8 N–H and O–H groups in total. The number of rotatable bonds is 4. The zero-order valence-electron chi connectivity index (χ0n) is 24.3. The lowest BCUT2D eigenvalue weighted by molar-refractivity contribution is -0.148. The Hall–Kier alpha value is -3.41. The number of phenolic OH excluding ortho intramolecular Hbond substituents is 1. The van der Waals surface area contributed by atoms with Crippen LogP contribution in [0.5, 0.6) is 5.75 Å². The van der Waals surface area contributed by atoms with Crippen molar-refractivity contribution in [2.75, 3.05) is 19.4 Å². The fourth-order valence-electron chi connectivity index (χ4n) is 7.99. The molecule has 5 rings (SSSR count). The summed E-state index contributed by atoms with van der Waals surface area (Å²) in [4.78, 5) is 41.1. The second-order valence-corrected chi connectivity index (χ2v) is 13.6. The van der Waals surface area contributed by atoms with Gasteiger partial charge in [0.25, 0.3) is 5.91 Å². The number of anilines is 1. The van der Waals surface area contributed by atoms with Crippen molar-refractivity contribution in [2.24, 2.45) is 17.6 Å². The van der Waals surface area contributed by atoms with Crippen LogP contribution in [0, 0.1) is 11.8 Å². The third-order valence-electron chi connectivity index (χ3n) is 9.14. The maximum absolute atomic E-state index is 13.9. The molecule has 3 aliphatic carbocycles. The minimum atomic E-state index is -2.65. The van der Waals surface area contributed by atoms with Gasteiger partial charge >= 0.3 is 0 Å². The highest BCUT2D eigenvalue weighted by molar-refractivity contribution is 6.24. The van der Waals surface area contributed by atoms with E-state index in [4.69, 9.17) is 5.73 Å². The number of carbonyl (C=O) groups is 3. The van der Waals surface area contributed by atoms with E-state index in [0.717, 1.165) is 12.8 Å². The number of likely N-dealkylation sites (N-methyl/N-ethyl adjacent to an activating group) is 1. The molecule has 1 aromatic carbocycles. The molecule has 1 heterocycles. The summed E-state index contributed by atoms with van der Waals surface area (Å²) in [6.45, 7) is 8.45. The molecule has 222 valence electrons. The average molecular weight is 569 g/mol. The standard InChI is InChI=1S/C30H40N4O7/c1-28(2)11-15(12-29(3,4)33-28)32-17-8-7-13-9-14-10-16-21(34(5)6)24(37)20(27(31)40)26(39)30(16,41)25(38)19(14)23(36)18(13)22(17)35/h7-8,14-16,21,32-33,35,37-38,41H,9-12H2,1-6H3,(H2,31,40)/t14-,16-,21-,30-/m1/s1. The first kappa shape index (κ1) is 29.1. The highest BCUT2D eigenvalue weighted by atomic mass is 16.3. The van der Waals surface area contributed by atoms with Crippen LogP contribution in [0.15, 0.2) is 34.8 Å². The predicted octanol–water partition coefficient (Wildman–Crippen LogP) is 1.84. The Bertz CT molecular complexity index is 1410. The number of aromatic hydroxyl groups is 1. The van der Waals surface area contributed by atoms with Gasteiger partial charge in [0.1, 0.15) is 22.8 Å². The first-order chi connectivity index (χ1) is 18.9. The van der Waals surface area contributed by atoms with E-state index in [1.807, 2.05) is 0 Å². The maximum Gasteiger partial charge on any atom is 0.255 e. The third kappa shape index (κ3) is 4.41. The van der Waals surface area contributed by atoms with Crippen LogP contribution in [0.25, 0.3) is 0 Å². The van der Waals surface area contributed by atoms with Gasteiger partial charge in [0.05, 0.1) is 17.3 Å². The van der Waals surface area contributed by atoms with Crippen molar-refractivity contribution in [1.82, 2.24) is 10.2 Å². The number of fused-ring (bicyclic) bond motifs is 3. The average Bonchev–Trinajstić information content (AvgIpc) is 2.80. The Labute approximate surface area is 239 Å². The molecule has 0 spiro atoms.